The topological polar surface area (TPSA) is 33.3 Å². The zero-order valence-electron chi connectivity index (χ0n) is 11.2. The second kappa shape index (κ2) is 7.90. The van der Waals surface area contributed by atoms with Crippen molar-refractivity contribution in [2.24, 2.45) is 0 Å². The minimum absolute atomic E-state index is 0.000452. The van der Waals surface area contributed by atoms with E-state index in [1.807, 2.05) is 26.0 Å². The van der Waals surface area contributed by atoms with Crippen molar-refractivity contribution in [3.05, 3.63) is 33.8 Å². The van der Waals surface area contributed by atoms with Gasteiger partial charge in [0.15, 0.2) is 5.11 Å². The van der Waals surface area contributed by atoms with Gasteiger partial charge in [0.25, 0.3) is 0 Å². The molecule has 19 heavy (non-hydrogen) atoms. The van der Waals surface area contributed by atoms with E-state index < -0.39 is 0 Å². The SMILES string of the molecule is COCC(C)NC(=S)NC(C)c1ccc(Cl)cc1Cl. The van der Waals surface area contributed by atoms with Crippen LogP contribution in [0, 0.1) is 0 Å². The zero-order valence-corrected chi connectivity index (χ0v) is 13.5. The summed E-state index contributed by atoms with van der Waals surface area (Å²) < 4.78 is 5.04. The summed E-state index contributed by atoms with van der Waals surface area (Å²) >= 11 is 17.3. The summed E-state index contributed by atoms with van der Waals surface area (Å²) in [5.74, 6) is 0. The standard InChI is InChI=1S/C13H18Cl2N2OS/c1-8(7-18-3)16-13(19)17-9(2)11-5-4-10(14)6-12(11)15/h4-6,8-9H,7H2,1-3H3,(H2,16,17,19). The Bertz CT molecular complexity index is 443. The van der Waals surface area contributed by atoms with Crippen molar-refractivity contribution in [1.29, 1.82) is 0 Å². The molecule has 0 radical (unpaired) electrons. The van der Waals surface area contributed by atoms with E-state index in [1.165, 1.54) is 0 Å². The highest BCUT2D eigenvalue weighted by molar-refractivity contribution is 7.80. The maximum Gasteiger partial charge on any atom is 0.167 e. The van der Waals surface area contributed by atoms with Gasteiger partial charge in [-0.15, -0.1) is 0 Å². The fourth-order valence-corrected chi connectivity index (χ4v) is 2.63. The number of rotatable bonds is 5. The maximum absolute atomic E-state index is 6.16. The van der Waals surface area contributed by atoms with Crippen LogP contribution in [0.4, 0.5) is 0 Å². The monoisotopic (exact) mass is 320 g/mol. The third kappa shape index (κ3) is 5.53. The second-order valence-electron chi connectivity index (χ2n) is 4.36. The molecule has 2 N–H and O–H groups in total. The van der Waals surface area contributed by atoms with E-state index in [1.54, 1.807) is 13.2 Å². The molecular formula is C13H18Cl2N2OS. The lowest BCUT2D eigenvalue weighted by atomic mass is 10.1. The molecule has 2 atom stereocenters. The molecule has 6 heteroatoms. The molecule has 0 saturated carbocycles. The Balaban J connectivity index is 2.59. The van der Waals surface area contributed by atoms with Crippen LogP contribution in [0.5, 0.6) is 0 Å². The Kier molecular flexibility index (Phi) is 6.86. The van der Waals surface area contributed by atoms with Crippen LogP contribution in [0.2, 0.25) is 10.0 Å². The van der Waals surface area contributed by atoms with Crippen molar-refractivity contribution in [2.45, 2.75) is 25.9 Å². The summed E-state index contributed by atoms with van der Waals surface area (Å²) in [6.07, 6.45) is 0. The maximum atomic E-state index is 6.16. The first-order chi connectivity index (χ1) is 8.93. The summed E-state index contributed by atoms with van der Waals surface area (Å²) in [5.41, 5.74) is 0.953. The molecule has 1 rings (SSSR count). The van der Waals surface area contributed by atoms with Crippen molar-refractivity contribution in [3.8, 4) is 0 Å². The minimum atomic E-state index is -0.000452. The van der Waals surface area contributed by atoms with Crippen LogP contribution in [-0.4, -0.2) is 24.9 Å². The van der Waals surface area contributed by atoms with E-state index in [2.05, 4.69) is 10.6 Å². The number of methoxy groups -OCH3 is 1. The molecule has 1 aromatic rings. The number of benzene rings is 1. The van der Waals surface area contributed by atoms with Gasteiger partial charge in [0.05, 0.1) is 12.6 Å². The number of thiocarbonyl (C=S) groups is 1. The summed E-state index contributed by atoms with van der Waals surface area (Å²) in [4.78, 5) is 0. The summed E-state index contributed by atoms with van der Waals surface area (Å²) in [6.45, 7) is 4.58. The van der Waals surface area contributed by atoms with Gasteiger partial charge in [0.1, 0.15) is 0 Å². The van der Waals surface area contributed by atoms with Crippen molar-refractivity contribution in [2.75, 3.05) is 13.7 Å². The molecule has 0 spiro atoms. The lowest BCUT2D eigenvalue weighted by Gasteiger charge is -2.21. The Morgan fingerprint density at radius 1 is 1.32 bits per heavy atom. The number of ether oxygens (including phenoxy) is 1. The summed E-state index contributed by atoms with van der Waals surface area (Å²) in [6, 6.07) is 5.58. The molecule has 3 nitrogen and oxygen atoms in total. The highest BCUT2D eigenvalue weighted by Crippen LogP contribution is 2.25. The molecule has 0 aliphatic carbocycles. The zero-order chi connectivity index (χ0) is 14.4. The van der Waals surface area contributed by atoms with E-state index >= 15 is 0 Å². The van der Waals surface area contributed by atoms with Gasteiger partial charge < -0.3 is 15.4 Å². The van der Waals surface area contributed by atoms with Gasteiger partial charge in [-0.1, -0.05) is 29.3 Å². The van der Waals surface area contributed by atoms with Crippen molar-refractivity contribution >= 4 is 40.5 Å². The van der Waals surface area contributed by atoms with Gasteiger partial charge in [-0.3, -0.25) is 0 Å². The molecule has 2 unspecified atom stereocenters. The lowest BCUT2D eigenvalue weighted by molar-refractivity contribution is 0.179. The minimum Gasteiger partial charge on any atom is -0.383 e. The Morgan fingerprint density at radius 2 is 2.00 bits per heavy atom. The average Bonchev–Trinajstić information content (AvgIpc) is 2.28. The van der Waals surface area contributed by atoms with Gasteiger partial charge >= 0.3 is 0 Å². The van der Waals surface area contributed by atoms with E-state index in [0.717, 1.165) is 5.56 Å². The molecule has 1 aromatic carbocycles. The number of halogens is 2. The fourth-order valence-electron chi connectivity index (χ4n) is 1.68. The number of nitrogens with one attached hydrogen (secondary N) is 2. The van der Waals surface area contributed by atoms with Crippen LogP contribution in [0.3, 0.4) is 0 Å². The first-order valence-electron chi connectivity index (χ1n) is 5.95. The van der Waals surface area contributed by atoms with Crippen molar-refractivity contribution in [1.82, 2.24) is 10.6 Å². The summed E-state index contributed by atoms with van der Waals surface area (Å²) in [7, 11) is 1.66. The summed E-state index contributed by atoms with van der Waals surface area (Å²) in [5, 5.41) is 8.14. The highest BCUT2D eigenvalue weighted by atomic mass is 35.5. The predicted octanol–water partition coefficient (Wildman–Crippen LogP) is 3.55. The van der Waals surface area contributed by atoms with Crippen LogP contribution < -0.4 is 10.6 Å². The first-order valence-corrected chi connectivity index (χ1v) is 7.11. The Morgan fingerprint density at radius 3 is 2.58 bits per heavy atom. The number of hydrogen-bond donors (Lipinski definition) is 2. The third-order valence-corrected chi connectivity index (χ3v) is 3.37. The molecule has 0 amide bonds. The van der Waals surface area contributed by atoms with Gasteiger partial charge in [0, 0.05) is 23.2 Å². The van der Waals surface area contributed by atoms with Gasteiger partial charge in [-0.25, -0.2) is 0 Å². The molecule has 0 aliphatic heterocycles. The smallest absolute Gasteiger partial charge is 0.167 e. The fraction of sp³-hybridized carbons (Fsp3) is 0.462. The normalized spacial score (nSPS) is 13.7. The highest BCUT2D eigenvalue weighted by Gasteiger charge is 2.12. The van der Waals surface area contributed by atoms with Crippen molar-refractivity contribution < 1.29 is 4.74 Å². The van der Waals surface area contributed by atoms with Gasteiger partial charge in [-0.05, 0) is 43.8 Å². The molecule has 0 aromatic heterocycles. The van der Waals surface area contributed by atoms with Crippen LogP contribution in [0.25, 0.3) is 0 Å². The second-order valence-corrected chi connectivity index (χ2v) is 5.61. The number of hydrogen-bond acceptors (Lipinski definition) is 2. The van der Waals surface area contributed by atoms with Crippen LogP contribution >= 0.6 is 35.4 Å². The quantitative estimate of drug-likeness (QED) is 0.813. The molecule has 0 fully saturated rings. The van der Waals surface area contributed by atoms with Crippen LogP contribution in [0.1, 0.15) is 25.5 Å². The Labute approximate surface area is 129 Å². The first kappa shape index (κ1) is 16.5. The van der Waals surface area contributed by atoms with Crippen LogP contribution in [-0.2, 0) is 4.74 Å². The molecular weight excluding hydrogens is 303 g/mol. The molecule has 0 heterocycles. The van der Waals surface area contributed by atoms with E-state index in [4.69, 9.17) is 40.2 Å². The molecule has 106 valence electrons. The average molecular weight is 321 g/mol. The molecule has 0 bridgehead atoms. The lowest BCUT2D eigenvalue weighted by Crippen LogP contribution is -2.43. The van der Waals surface area contributed by atoms with E-state index in [9.17, 15) is 0 Å². The van der Waals surface area contributed by atoms with E-state index in [-0.39, 0.29) is 12.1 Å². The third-order valence-electron chi connectivity index (χ3n) is 2.57. The molecule has 0 aliphatic rings. The van der Waals surface area contributed by atoms with Gasteiger partial charge in [-0.2, -0.15) is 0 Å². The van der Waals surface area contributed by atoms with Gasteiger partial charge in [0.2, 0.25) is 0 Å². The molecule has 0 saturated heterocycles. The largest absolute Gasteiger partial charge is 0.383 e. The Hall–Kier alpha value is -0.550. The van der Waals surface area contributed by atoms with Crippen molar-refractivity contribution in [3.63, 3.8) is 0 Å². The predicted molar refractivity (Wildman–Crippen MR) is 85.1 cm³/mol. The van der Waals surface area contributed by atoms with E-state index in [0.29, 0.717) is 21.8 Å². The van der Waals surface area contributed by atoms with Crippen LogP contribution in [0.15, 0.2) is 18.2 Å².